The van der Waals surface area contributed by atoms with E-state index in [9.17, 15) is 9.18 Å². The van der Waals surface area contributed by atoms with Crippen LogP contribution >= 0.6 is 23.2 Å². The Kier molecular flexibility index (Phi) is 2.42. The molecule has 0 aliphatic carbocycles. The van der Waals surface area contributed by atoms with Crippen LogP contribution in [0.2, 0.25) is 5.02 Å². The van der Waals surface area contributed by atoms with Crippen molar-refractivity contribution in [3.05, 3.63) is 28.8 Å². The molecule has 0 fully saturated rings. The lowest BCUT2D eigenvalue weighted by Gasteiger charge is -1.94. The van der Waals surface area contributed by atoms with Gasteiger partial charge >= 0.3 is 0 Å². The molecule has 58 valence electrons. The second-order valence-corrected chi connectivity index (χ2v) is 2.54. The zero-order valence-electron chi connectivity index (χ0n) is 5.14. The maximum Gasteiger partial charge on any atom is 0.273 e. The van der Waals surface area contributed by atoms with Crippen molar-refractivity contribution in [3.63, 3.8) is 0 Å². The van der Waals surface area contributed by atoms with Crippen molar-refractivity contribution in [2.45, 2.75) is 0 Å². The van der Waals surface area contributed by atoms with Gasteiger partial charge in [-0.2, -0.15) is 0 Å². The quantitative estimate of drug-likeness (QED) is 0.641. The lowest BCUT2D eigenvalue weighted by atomic mass is 10.3. The van der Waals surface area contributed by atoms with Gasteiger partial charge in [0.15, 0.2) is 11.5 Å². The van der Waals surface area contributed by atoms with Gasteiger partial charge in [-0.3, -0.25) is 4.79 Å². The number of carbonyl (C=O) groups is 1. The minimum absolute atomic E-state index is 0.129. The highest BCUT2D eigenvalue weighted by Crippen LogP contribution is 2.12. The molecule has 0 unspecified atom stereocenters. The van der Waals surface area contributed by atoms with E-state index in [1.54, 1.807) is 0 Å². The van der Waals surface area contributed by atoms with E-state index in [0.29, 0.717) is 0 Å². The average molecular weight is 194 g/mol. The highest BCUT2D eigenvalue weighted by molar-refractivity contribution is 6.67. The summed E-state index contributed by atoms with van der Waals surface area (Å²) in [5.74, 6) is -0.808. The molecule has 0 N–H and O–H groups in total. The molecule has 0 aliphatic rings. The first-order valence-corrected chi connectivity index (χ1v) is 3.37. The van der Waals surface area contributed by atoms with E-state index in [0.717, 1.165) is 12.3 Å². The van der Waals surface area contributed by atoms with Crippen molar-refractivity contribution >= 4 is 28.4 Å². The van der Waals surface area contributed by atoms with Crippen molar-refractivity contribution in [1.82, 2.24) is 4.98 Å². The summed E-state index contributed by atoms with van der Waals surface area (Å²) in [5, 5.41) is -0.802. The van der Waals surface area contributed by atoms with Crippen LogP contribution in [-0.2, 0) is 0 Å². The van der Waals surface area contributed by atoms with E-state index in [4.69, 9.17) is 23.2 Å². The van der Waals surface area contributed by atoms with E-state index < -0.39 is 16.8 Å². The van der Waals surface area contributed by atoms with Crippen LogP contribution in [0.1, 0.15) is 10.5 Å². The molecule has 1 aromatic rings. The van der Waals surface area contributed by atoms with Crippen LogP contribution in [0.3, 0.4) is 0 Å². The molecule has 0 amide bonds. The maximum absolute atomic E-state index is 12.6. The van der Waals surface area contributed by atoms with Gasteiger partial charge in [-0.25, -0.2) is 9.37 Å². The SMILES string of the molecule is O=C(Cl)c1ncc(Cl)cc1F. The van der Waals surface area contributed by atoms with Crippen molar-refractivity contribution in [1.29, 1.82) is 0 Å². The van der Waals surface area contributed by atoms with Crippen molar-refractivity contribution in [2.75, 3.05) is 0 Å². The topological polar surface area (TPSA) is 30.0 Å². The summed E-state index contributed by atoms with van der Waals surface area (Å²) in [4.78, 5) is 13.8. The van der Waals surface area contributed by atoms with Crippen LogP contribution in [0.4, 0.5) is 4.39 Å². The molecule has 0 aromatic carbocycles. The summed E-state index contributed by atoms with van der Waals surface area (Å²) in [6.07, 6.45) is 1.15. The lowest BCUT2D eigenvalue weighted by Crippen LogP contribution is -1.97. The molecule has 1 aromatic heterocycles. The van der Waals surface area contributed by atoms with Crippen molar-refractivity contribution in [2.24, 2.45) is 0 Å². The predicted molar refractivity (Wildman–Crippen MR) is 39.4 cm³/mol. The van der Waals surface area contributed by atoms with Gasteiger partial charge in [0.1, 0.15) is 0 Å². The normalized spacial score (nSPS) is 9.73. The minimum atomic E-state index is -0.931. The Hall–Kier alpha value is -0.670. The van der Waals surface area contributed by atoms with Gasteiger partial charge in [-0.15, -0.1) is 0 Å². The second-order valence-electron chi connectivity index (χ2n) is 1.76. The molecule has 0 saturated carbocycles. The number of pyridine rings is 1. The van der Waals surface area contributed by atoms with E-state index in [1.165, 1.54) is 0 Å². The molecule has 2 nitrogen and oxygen atoms in total. The third-order valence-electron chi connectivity index (χ3n) is 0.994. The van der Waals surface area contributed by atoms with Crippen LogP contribution in [0.5, 0.6) is 0 Å². The maximum atomic E-state index is 12.6. The summed E-state index contributed by atoms with van der Waals surface area (Å²) in [7, 11) is 0. The molecule has 0 spiro atoms. The highest BCUT2D eigenvalue weighted by Gasteiger charge is 2.10. The summed E-state index contributed by atoms with van der Waals surface area (Å²) >= 11 is 10.3. The Morgan fingerprint density at radius 1 is 1.64 bits per heavy atom. The number of aromatic nitrogens is 1. The second kappa shape index (κ2) is 3.15. The van der Waals surface area contributed by atoms with E-state index in [-0.39, 0.29) is 5.02 Å². The number of halogens is 3. The largest absolute Gasteiger partial charge is 0.274 e. The Labute approximate surface area is 71.9 Å². The predicted octanol–water partition coefficient (Wildman–Crippen LogP) is 2.25. The van der Waals surface area contributed by atoms with Gasteiger partial charge in [-0.1, -0.05) is 11.6 Å². The van der Waals surface area contributed by atoms with Crippen LogP contribution < -0.4 is 0 Å². The summed E-state index contributed by atoms with van der Waals surface area (Å²) in [5.41, 5.74) is -0.406. The number of hydrogen-bond acceptors (Lipinski definition) is 2. The van der Waals surface area contributed by atoms with Crippen molar-refractivity contribution < 1.29 is 9.18 Å². The third kappa shape index (κ3) is 1.88. The fourth-order valence-electron chi connectivity index (χ4n) is 0.559. The van der Waals surface area contributed by atoms with Crippen LogP contribution in [0.15, 0.2) is 12.3 Å². The molecule has 0 bridgehead atoms. The fraction of sp³-hybridized carbons (Fsp3) is 0. The molecule has 11 heavy (non-hydrogen) atoms. The first-order valence-electron chi connectivity index (χ1n) is 2.62. The Balaban J connectivity index is 3.20. The smallest absolute Gasteiger partial charge is 0.273 e. The number of nitrogens with zero attached hydrogens (tertiary/aromatic N) is 1. The van der Waals surface area contributed by atoms with Gasteiger partial charge in [0, 0.05) is 6.20 Å². The monoisotopic (exact) mass is 193 g/mol. The Morgan fingerprint density at radius 3 is 2.73 bits per heavy atom. The van der Waals surface area contributed by atoms with Gasteiger partial charge in [0.2, 0.25) is 0 Å². The number of rotatable bonds is 1. The van der Waals surface area contributed by atoms with Crippen molar-refractivity contribution in [3.8, 4) is 0 Å². The molecule has 0 aliphatic heterocycles. The summed E-state index contributed by atoms with van der Waals surface area (Å²) < 4.78 is 12.6. The van der Waals surface area contributed by atoms with Crippen LogP contribution in [0, 0.1) is 5.82 Å². The van der Waals surface area contributed by atoms with Crippen LogP contribution in [-0.4, -0.2) is 10.2 Å². The molecule has 1 heterocycles. The highest BCUT2D eigenvalue weighted by atomic mass is 35.5. The van der Waals surface area contributed by atoms with Gasteiger partial charge in [0.05, 0.1) is 5.02 Å². The van der Waals surface area contributed by atoms with Gasteiger partial charge < -0.3 is 0 Å². The third-order valence-corrected chi connectivity index (χ3v) is 1.38. The average Bonchev–Trinajstić information content (AvgIpc) is 1.85. The summed E-state index contributed by atoms with van der Waals surface area (Å²) in [6, 6.07) is 0.976. The van der Waals surface area contributed by atoms with Gasteiger partial charge in [-0.05, 0) is 17.7 Å². The first kappa shape index (κ1) is 8.43. The summed E-state index contributed by atoms with van der Waals surface area (Å²) in [6.45, 7) is 0. The molecule has 5 heteroatoms. The Morgan fingerprint density at radius 2 is 2.27 bits per heavy atom. The molecule has 0 atom stereocenters. The lowest BCUT2D eigenvalue weighted by molar-refractivity contribution is 0.107. The Bertz CT molecular complexity index is 303. The zero-order valence-corrected chi connectivity index (χ0v) is 6.66. The molecule has 0 saturated heterocycles. The van der Waals surface area contributed by atoms with E-state index in [1.807, 2.05) is 0 Å². The minimum Gasteiger partial charge on any atom is -0.274 e. The zero-order chi connectivity index (χ0) is 8.43. The molecule has 0 radical (unpaired) electrons. The molecule has 1 rings (SSSR count). The van der Waals surface area contributed by atoms with Gasteiger partial charge in [0.25, 0.3) is 5.24 Å². The van der Waals surface area contributed by atoms with E-state index in [2.05, 4.69) is 4.98 Å². The number of carbonyl (C=O) groups excluding carboxylic acids is 1. The molecular formula is C6H2Cl2FNO. The van der Waals surface area contributed by atoms with Crippen LogP contribution in [0.25, 0.3) is 0 Å². The van der Waals surface area contributed by atoms with E-state index >= 15 is 0 Å². The standard InChI is InChI=1S/C6H2Cl2FNO/c7-3-1-4(9)5(6(8)11)10-2-3/h1-2H. The fourth-order valence-corrected chi connectivity index (χ4v) is 0.843. The molecular weight excluding hydrogens is 192 g/mol. The first-order chi connectivity index (χ1) is 5.11. The number of hydrogen-bond donors (Lipinski definition) is 0.